The van der Waals surface area contributed by atoms with E-state index in [1.165, 1.54) is 16.6 Å². The number of rotatable bonds is 7. The van der Waals surface area contributed by atoms with E-state index in [0.29, 0.717) is 13.2 Å². The van der Waals surface area contributed by atoms with E-state index in [2.05, 4.69) is 47.1 Å². The lowest BCUT2D eigenvalue weighted by Crippen LogP contribution is -2.29. The van der Waals surface area contributed by atoms with Gasteiger partial charge in [-0.15, -0.1) is 0 Å². The smallest absolute Gasteiger partial charge is 0.245 e. The molecule has 2 rings (SSSR count). The predicted molar refractivity (Wildman–Crippen MR) is 80.8 cm³/mol. The van der Waals surface area contributed by atoms with Crippen LogP contribution in [0.2, 0.25) is 0 Å². The molecule has 0 aliphatic heterocycles. The van der Waals surface area contributed by atoms with E-state index >= 15 is 0 Å². The lowest BCUT2D eigenvalue weighted by molar-refractivity contribution is -0.125. The summed E-state index contributed by atoms with van der Waals surface area (Å²) in [7, 11) is 0. The van der Waals surface area contributed by atoms with Crippen molar-refractivity contribution in [2.24, 2.45) is 0 Å². The van der Waals surface area contributed by atoms with Crippen LogP contribution in [-0.2, 0) is 16.1 Å². The van der Waals surface area contributed by atoms with Crippen LogP contribution in [-0.4, -0.2) is 30.2 Å². The predicted octanol–water partition coefficient (Wildman–Crippen LogP) is 2.49. The summed E-state index contributed by atoms with van der Waals surface area (Å²) < 4.78 is 7.35. The van der Waals surface area contributed by atoms with E-state index in [1.54, 1.807) is 0 Å². The molecule has 0 bridgehead atoms. The normalized spacial score (nSPS) is 10.9. The number of nitrogens with one attached hydrogen (secondary N) is 1. The molecule has 0 radical (unpaired) electrons. The number of hydrogen-bond donors (Lipinski definition) is 1. The third-order valence-electron chi connectivity index (χ3n) is 3.34. The molecule has 1 N–H and O–H groups in total. The Morgan fingerprint density at radius 3 is 2.95 bits per heavy atom. The second-order valence-corrected chi connectivity index (χ2v) is 4.84. The van der Waals surface area contributed by atoms with Gasteiger partial charge in [-0.3, -0.25) is 4.79 Å². The first-order valence-corrected chi connectivity index (χ1v) is 7.11. The Kier molecular flexibility index (Phi) is 5.18. The summed E-state index contributed by atoms with van der Waals surface area (Å²) in [6.45, 7) is 6.32. The van der Waals surface area contributed by atoms with Crippen LogP contribution in [0.25, 0.3) is 10.9 Å². The molecule has 4 heteroatoms. The van der Waals surface area contributed by atoms with Gasteiger partial charge >= 0.3 is 0 Å². The summed E-state index contributed by atoms with van der Waals surface area (Å²) in [4.78, 5) is 11.4. The first kappa shape index (κ1) is 14.6. The van der Waals surface area contributed by atoms with Crippen molar-refractivity contribution in [2.75, 3.05) is 19.8 Å². The molecule has 20 heavy (non-hydrogen) atoms. The number of benzene rings is 1. The molecule has 0 aliphatic carbocycles. The largest absolute Gasteiger partial charge is 0.372 e. The van der Waals surface area contributed by atoms with Gasteiger partial charge in [-0.1, -0.05) is 18.2 Å². The molecule has 0 unspecified atom stereocenters. The fourth-order valence-electron chi connectivity index (χ4n) is 2.36. The molecule has 0 saturated carbocycles. The molecule has 0 aliphatic rings. The molecule has 1 aromatic carbocycles. The van der Waals surface area contributed by atoms with Crippen LogP contribution in [0.5, 0.6) is 0 Å². The minimum atomic E-state index is -0.0408. The van der Waals surface area contributed by atoms with Crippen molar-refractivity contribution in [1.29, 1.82) is 0 Å². The molecule has 1 aromatic heterocycles. The molecular formula is C16H22N2O2. The van der Waals surface area contributed by atoms with Gasteiger partial charge < -0.3 is 14.6 Å². The number of aromatic nitrogens is 1. The van der Waals surface area contributed by atoms with E-state index < -0.39 is 0 Å². The van der Waals surface area contributed by atoms with Gasteiger partial charge in [0.15, 0.2) is 0 Å². The zero-order valence-corrected chi connectivity index (χ0v) is 12.2. The Labute approximate surface area is 119 Å². The fourth-order valence-corrected chi connectivity index (χ4v) is 2.36. The number of fused-ring (bicyclic) bond motifs is 1. The van der Waals surface area contributed by atoms with Crippen LogP contribution in [0, 0.1) is 6.92 Å². The Morgan fingerprint density at radius 1 is 1.35 bits per heavy atom. The van der Waals surface area contributed by atoms with Crippen molar-refractivity contribution >= 4 is 16.8 Å². The first-order chi connectivity index (χ1) is 9.72. The van der Waals surface area contributed by atoms with Gasteiger partial charge in [0.05, 0.1) is 0 Å². The maximum absolute atomic E-state index is 11.4. The number of amides is 1. The standard InChI is InChI=1S/C16H22N2O2/c1-3-20-12-16(19)17-9-6-10-18-13(2)11-14-7-4-5-8-15(14)18/h4-5,7-8,11H,3,6,9-10,12H2,1-2H3,(H,17,19). The Bertz CT molecular complexity index is 575. The van der Waals surface area contributed by atoms with Crippen molar-refractivity contribution in [3.05, 3.63) is 36.0 Å². The van der Waals surface area contributed by atoms with E-state index in [1.807, 2.05) is 6.92 Å². The third kappa shape index (κ3) is 3.61. The van der Waals surface area contributed by atoms with Crippen LogP contribution in [0.3, 0.4) is 0 Å². The maximum Gasteiger partial charge on any atom is 0.245 e. The number of carbonyl (C=O) groups is 1. The third-order valence-corrected chi connectivity index (χ3v) is 3.34. The van der Waals surface area contributed by atoms with E-state index in [9.17, 15) is 4.79 Å². The topological polar surface area (TPSA) is 43.3 Å². The molecular weight excluding hydrogens is 252 g/mol. The minimum absolute atomic E-state index is 0.0408. The number of ether oxygens (including phenoxy) is 1. The van der Waals surface area contributed by atoms with Crippen LogP contribution in [0.1, 0.15) is 19.0 Å². The quantitative estimate of drug-likeness (QED) is 0.788. The molecule has 0 fully saturated rings. The van der Waals surface area contributed by atoms with Crippen molar-refractivity contribution in [3.63, 3.8) is 0 Å². The van der Waals surface area contributed by atoms with Crippen LogP contribution in [0.15, 0.2) is 30.3 Å². The summed E-state index contributed by atoms with van der Waals surface area (Å²) in [6, 6.07) is 10.6. The number of nitrogens with zero attached hydrogens (tertiary/aromatic N) is 1. The second kappa shape index (κ2) is 7.10. The molecule has 0 spiro atoms. The van der Waals surface area contributed by atoms with Crippen LogP contribution >= 0.6 is 0 Å². The summed E-state index contributed by atoms with van der Waals surface area (Å²) in [5.74, 6) is -0.0408. The number of hydrogen-bond acceptors (Lipinski definition) is 2. The summed E-state index contributed by atoms with van der Waals surface area (Å²) >= 11 is 0. The van der Waals surface area contributed by atoms with Gasteiger partial charge in [-0.25, -0.2) is 0 Å². The van der Waals surface area contributed by atoms with E-state index in [4.69, 9.17) is 4.74 Å². The molecule has 1 heterocycles. The number of para-hydroxylation sites is 1. The zero-order valence-electron chi connectivity index (χ0n) is 12.2. The van der Waals surface area contributed by atoms with Gasteiger partial charge in [-0.2, -0.15) is 0 Å². The zero-order chi connectivity index (χ0) is 14.4. The van der Waals surface area contributed by atoms with Crippen molar-refractivity contribution in [3.8, 4) is 0 Å². The molecule has 0 saturated heterocycles. The summed E-state index contributed by atoms with van der Waals surface area (Å²) in [5, 5.41) is 4.14. The molecule has 1 amide bonds. The van der Waals surface area contributed by atoms with Crippen molar-refractivity contribution in [2.45, 2.75) is 26.8 Å². The Balaban J connectivity index is 1.84. The Morgan fingerprint density at radius 2 is 2.15 bits per heavy atom. The average Bonchev–Trinajstić information content (AvgIpc) is 2.77. The molecule has 108 valence electrons. The van der Waals surface area contributed by atoms with Gasteiger partial charge in [0.25, 0.3) is 0 Å². The fraction of sp³-hybridized carbons (Fsp3) is 0.438. The summed E-state index contributed by atoms with van der Waals surface area (Å²) in [6.07, 6.45) is 0.914. The highest BCUT2D eigenvalue weighted by Gasteiger charge is 2.05. The van der Waals surface area contributed by atoms with Crippen molar-refractivity contribution < 1.29 is 9.53 Å². The average molecular weight is 274 g/mol. The maximum atomic E-state index is 11.4. The number of aryl methyl sites for hydroxylation is 2. The molecule has 2 aromatic rings. The highest BCUT2D eigenvalue weighted by molar-refractivity contribution is 5.81. The monoisotopic (exact) mass is 274 g/mol. The molecule has 4 nitrogen and oxygen atoms in total. The van der Waals surface area contributed by atoms with E-state index in [0.717, 1.165) is 13.0 Å². The van der Waals surface area contributed by atoms with Crippen molar-refractivity contribution in [1.82, 2.24) is 9.88 Å². The lowest BCUT2D eigenvalue weighted by Gasteiger charge is -2.09. The van der Waals surface area contributed by atoms with Gasteiger partial charge in [0.2, 0.25) is 5.91 Å². The van der Waals surface area contributed by atoms with Crippen LogP contribution < -0.4 is 5.32 Å². The second-order valence-electron chi connectivity index (χ2n) is 4.84. The highest BCUT2D eigenvalue weighted by atomic mass is 16.5. The first-order valence-electron chi connectivity index (χ1n) is 7.11. The highest BCUT2D eigenvalue weighted by Crippen LogP contribution is 2.19. The summed E-state index contributed by atoms with van der Waals surface area (Å²) in [5.41, 5.74) is 2.51. The number of carbonyl (C=O) groups excluding carboxylic acids is 1. The van der Waals surface area contributed by atoms with Gasteiger partial charge in [-0.05, 0) is 37.8 Å². The van der Waals surface area contributed by atoms with Gasteiger partial charge in [0.1, 0.15) is 6.61 Å². The SMILES string of the molecule is CCOCC(=O)NCCCn1c(C)cc2ccccc21. The van der Waals surface area contributed by atoms with Crippen LogP contribution in [0.4, 0.5) is 0 Å². The van der Waals surface area contributed by atoms with E-state index in [-0.39, 0.29) is 12.5 Å². The lowest BCUT2D eigenvalue weighted by atomic mass is 10.2. The molecule has 0 atom stereocenters. The van der Waals surface area contributed by atoms with Gasteiger partial charge in [0, 0.05) is 30.9 Å². The minimum Gasteiger partial charge on any atom is -0.372 e. The Hall–Kier alpha value is -1.81.